The normalized spacial score (nSPS) is 19.2. The standard InChI is InChI=1S/C11H17N3OS/c1-7-14-9(6-16-7)5-13-10(15)11(2,12)8-3-4-8/h6,8H,3-5,12H2,1-2H3,(H,13,15). The molecule has 3 N–H and O–H groups in total. The third kappa shape index (κ3) is 2.41. The van der Waals surface area contributed by atoms with Crippen LogP contribution in [0.1, 0.15) is 30.5 Å². The van der Waals surface area contributed by atoms with Crippen molar-refractivity contribution in [3.05, 3.63) is 16.1 Å². The Labute approximate surface area is 99.3 Å². The van der Waals surface area contributed by atoms with Crippen molar-refractivity contribution in [3.8, 4) is 0 Å². The van der Waals surface area contributed by atoms with E-state index in [4.69, 9.17) is 5.73 Å². The van der Waals surface area contributed by atoms with Crippen molar-refractivity contribution in [2.45, 2.75) is 38.8 Å². The van der Waals surface area contributed by atoms with Crippen LogP contribution in [-0.2, 0) is 11.3 Å². The van der Waals surface area contributed by atoms with Gasteiger partial charge >= 0.3 is 0 Å². The van der Waals surface area contributed by atoms with Crippen molar-refractivity contribution in [1.82, 2.24) is 10.3 Å². The van der Waals surface area contributed by atoms with Crippen molar-refractivity contribution < 1.29 is 4.79 Å². The number of nitrogens with two attached hydrogens (primary N) is 1. The van der Waals surface area contributed by atoms with Gasteiger partial charge in [-0.2, -0.15) is 0 Å². The highest BCUT2D eigenvalue weighted by molar-refractivity contribution is 7.09. The van der Waals surface area contributed by atoms with E-state index in [2.05, 4.69) is 10.3 Å². The number of nitrogens with one attached hydrogen (secondary N) is 1. The number of hydrogen-bond acceptors (Lipinski definition) is 4. The van der Waals surface area contributed by atoms with E-state index in [1.807, 2.05) is 19.2 Å². The van der Waals surface area contributed by atoms with Crippen molar-refractivity contribution in [3.63, 3.8) is 0 Å². The van der Waals surface area contributed by atoms with Gasteiger partial charge in [-0.3, -0.25) is 4.79 Å². The summed E-state index contributed by atoms with van der Waals surface area (Å²) < 4.78 is 0. The van der Waals surface area contributed by atoms with E-state index in [9.17, 15) is 4.79 Å². The van der Waals surface area contributed by atoms with Crippen LogP contribution in [0.3, 0.4) is 0 Å². The molecule has 0 bridgehead atoms. The van der Waals surface area contributed by atoms with E-state index >= 15 is 0 Å². The van der Waals surface area contributed by atoms with Gasteiger partial charge in [-0.05, 0) is 32.6 Å². The summed E-state index contributed by atoms with van der Waals surface area (Å²) in [6.45, 7) is 4.24. The summed E-state index contributed by atoms with van der Waals surface area (Å²) in [5.41, 5.74) is 6.19. The van der Waals surface area contributed by atoms with Crippen molar-refractivity contribution in [2.24, 2.45) is 11.7 Å². The molecular formula is C11H17N3OS. The largest absolute Gasteiger partial charge is 0.349 e. The average Bonchev–Trinajstić information content (AvgIpc) is 3.00. The molecule has 1 saturated carbocycles. The number of hydrogen-bond donors (Lipinski definition) is 2. The first-order chi connectivity index (χ1) is 7.50. The molecule has 1 unspecified atom stereocenters. The summed E-state index contributed by atoms with van der Waals surface area (Å²) in [6, 6.07) is 0. The minimum atomic E-state index is -0.717. The van der Waals surface area contributed by atoms with E-state index in [-0.39, 0.29) is 5.91 Å². The zero-order valence-electron chi connectivity index (χ0n) is 9.62. The van der Waals surface area contributed by atoms with Crippen molar-refractivity contribution >= 4 is 17.2 Å². The van der Waals surface area contributed by atoms with Crippen LogP contribution in [0.4, 0.5) is 0 Å². The van der Waals surface area contributed by atoms with Gasteiger partial charge in [0.15, 0.2) is 0 Å². The minimum Gasteiger partial charge on any atom is -0.349 e. The molecule has 4 nitrogen and oxygen atoms in total. The summed E-state index contributed by atoms with van der Waals surface area (Å²) in [6.07, 6.45) is 2.13. The number of nitrogens with zero attached hydrogens (tertiary/aromatic N) is 1. The number of rotatable bonds is 4. The summed E-state index contributed by atoms with van der Waals surface area (Å²) >= 11 is 1.59. The molecule has 0 saturated heterocycles. The van der Waals surface area contributed by atoms with Gasteiger partial charge < -0.3 is 11.1 Å². The van der Waals surface area contributed by atoms with Gasteiger partial charge in [-0.1, -0.05) is 0 Å². The lowest BCUT2D eigenvalue weighted by Crippen LogP contribution is -2.53. The quantitative estimate of drug-likeness (QED) is 0.829. The van der Waals surface area contributed by atoms with Crippen LogP contribution in [0, 0.1) is 12.8 Å². The molecule has 1 atom stereocenters. The second-order valence-electron chi connectivity index (χ2n) is 4.60. The third-order valence-corrected chi connectivity index (χ3v) is 3.83. The lowest BCUT2D eigenvalue weighted by atomic mass is 9.96. The Morgan fingerprint density at radius 2 is 2.44 bits per heavy atom. The molecule has 88 valence electrons. The van der Waals surface area contributed by atoms with Crippen LogP contribution in [0.25, 0.3) is 0 Å². The molecule has 16 heavy (non-hydrogen) atoms. The number of carbonyl (C=O) groups excluding carboxylic acids is 1. The summed E-state index contributed by atoms with van der Waals surface area (Å²) in [5, 5.41) is 5.83. The molecule has 0 aromatic carbocycles. The average molecular weight is 239 g/mol. The van der Waals surface area contributed by atoms with Gasteiger partial charge in [0.05, 0.1) is 22.8 Å². The predicted octanol–water partition coefficient (Wildman–Crippen LogP) is 1.20. The summed E-state index contributed by atoms with van der Waals surface area (Å²) in [5.74, 6) is 0.283. The Balaban J connectivity index is 1.88. The minimum absolute atomic E-state index is 0.0688. The Hall–Kier alpha value is -0.940. The van der Waals surface area contributed by atoms with Gasteiger partial charge in [-0.25, -0.2) is 4.98 Å². The van der Waals surface area contributed by atoms with Crippen LogP contribution < -0.4 is 11.1 Å². The highest BCUT2D eigenvalue weighted by atomic mass is 32.1. The molecular weight excluding hydrogens is 222 g/mol. The van der Waals surface area contributed by atoms with Gasteiger partial charge in [0.1, 0.15) is 0 Å². The SMILES string of the molecule is Cc1nc(CNC(=O)C(C)(N)C2CC2)cs1. The van der Waals surface area contributed by atoms with Crippen LogP contribution in [-0.4, -0.2) is 16.4 Å². The zero-order chi connectivity index (χ0) is 11.8. The van der Waals surface area contributed by atoms with E-state index < -0.39 is 5.54 Å². The van der Waals surface area contributed by atoms with Crippen LogP contribution in [0.5, 0.6) is 0 Å². The molecule has 1 aliphatic carbocycles. The molecule has 0 spiro atoms. The van der Waals surface area contributed by atoms with Gasteiger partial charge in [0.25, 0.3) is 0 Å². The molecule has 1 heterocycles. The van der Waals surface area contributed by atoms with E-state index in [0.717, 1.165) is 23.5 Å². The van der Waals surface area contributed by atoms with E-state index in [0.29, 0.717) is 12.5 Å². The van der Waals surface area contributed by atoms with E-state index in [1.165, 1.54) is 0 Å². The molecule has 2 rings (SSSR count). The van der Waals surface area contributed by atoms with E-state index in [1.54, 1.807) is 11.3 Å². The number of carbonyl (C=O) groups is 1. The molecule has 1 aliphatic rings. The fourth-order valence-corrected chi connectivity index (χ4v) is 2.33. The lowest BCUT2D eigenvalue weighted by Gasteiger charge is -2.22. The molecule has 0 radical (unpaired) electrons. The summed E-state index contributed by atoms with van der Waals surface area (Å²) in [4.78, 5) is 16.2. The molecule has 0 aliphatic heterocycles. The Morgan fingerprint density at radius 3 is 2.94 bits per heavy atom. The fraction of sp³-hybridized carbons (Fsp3) is 0.636. The Morgan fingerprint density at radius 1 is 1.75 bits per heavy atom. The maximum Gasteiger partial charge on any atom is 0.240 e. The first-order valence-corrected chi connectivity index (χ1v) is 6.36. The zero-order valence-corrected chi connectivity index (χ0v) is 10.4. The number of aromatic nitrogens is 1. The van der Waals surface area contributed by atoms with Crippen LogP contribution >= 0.6 is 11.3 Å². The highest BCUT2D eigenvalue weighted by Gasteiger charge is 2.43. The Bertz CT molecular complexity index is 396. The number of amides is 1. The maximum atomic E-state index is 11.9. The number of aryl methyl sites for hydroxylation is 1. The Kier molecular flexibility index (Phi) is 2.99. The second-order valence-corrected chi connectivity index (χ2v) is 5.66. The second kappa shape index (κ2) is 4.14. The maximum absolute atomic E-state index is 11.9. The first-order valence-electron chi connectivity index (χ1n) is 5.48. The molecule has 5 heteroatoms. The van der Waals surface area contributed by atoms with Crippen molar-refractivity contribution in [1.29, 1.82) is 0 Å². The van der Waals surface area contributed by atoms with Gasteiger partial charge in [0, 0.05) is 5.38 Å². The third-order valence-electron chi connectivity index (χ3n) is 3.01. The number of thiazole rings is 1. The topological polar surface area (TPSA) is 68.0 Å². The molecule has 1 fully saturated rings. The van der Waals surface area contributed by atoms with Gasteiger partial charge in [-0.15, -0.1) is 11.3 Å². The first kappa shape index (κ1) is 11.5. The highest BCUT2D eigenvalue weighted by Crippen LogP contribution is 2.38. The molecule has 1 amide bonds. The fourth-order valence-electron chi connectivity index (χ4n) is 1.72. The predicted molar refractivity (Wildman–Crippen MR) is 64.0 cm³/mol. The smallest absolute Gasteiger partial charge is 0.240 e. The van der Waals surface area contributed by atoms with Crippen molar-refractivity contribution in [2.75, 3.05) is 0 Å². The van der Waals surface area contributed by atoms with Crippen LogP contribution in [0.15, 0.2) is 5.38 Å². The van der Waals surface area contributed by atoms with Crippen LogP contribution in [0.2, 0.25) is 0 Å². The summed E-state index contributed by atoms with van der Waals surface area (Å²) in [7, 11) is 0. The lowest BCUT2D eigenvalue weighted by molar-refractivity contribution is -0.126. The van der Waals surface area contributed by atoms with Gasteiger partial charge in [0.2, 0.25) is 5.91 Å². The molecule has 1 aromatic rings. The monoisotopic (exact) mass is 239 g/mol. The molecule has 1 aromatic heterocycles.